The lowest BCUT2D eigenvalue weighted by Gasteiger charge is -2.39. The number of nitrogens with two attached hydrogens (primary N) is 1. The molecule has 15 heavy (non-hydrogen) atoms. The van der Waals surface area contributed by atoms with Gasteiger partial charge in [-0.05, 0) is 26.7 Å². The van der Waals surface area contributed by atoms with E-state index in [4.69, 9.17) is 10.5 Å². The smallest absolute Gasteiger partial charge is 0.410 e. The molecule has 1 amide bonds. The molecule has 4 nitrogen and oxygen atoms in total. The standard InChI is InChI=1S/C11H22N2O2/c1-3-13(10(14)15-4-2)11(9-12)7-5-6-8-11/h3-9,12H2,1-2H3. The van der Waals surface area contributed by atoms with Crippen molar-refractivity contribution in [2.75, 3.05) is 19.7 Å². The van der Waals surface area contributed by atoms with Crippen LogP contribution in [0.15, 0.2) is 0 Å². The Morgan fingerprint density at radius 2 is 2.00 bits per heavy atom. The minimum atomic E-state index is -0.215. The van der Waals surface area contributed by atoms with Crippen LogP contribution in [-0.4, -0.2) is 36.2 Å². The Morgan fingerprint density at radius 1 is 1.40 bits per heavy atom. The molecule has 0 aliphatic heterocycles. The Labute approximate surface area is 91.8 Å². The van der Waals surface area contributed by atoms with Crippen molar-refractivity contribution >= 4 is 6.09 Å². The molecule has 0 heterocycles. The lowest BCUT2D eigenvalue weighted by molar-refractivity contribution is 0.0594. The van der Waals surface area contributed by atoms with Crippen molar-refractivity contribution in [3.63, 3.8) is 0 Å². The molecule has 1 rings (SSSR count). The lowest BCUT2D eigenvalue weighted by Crippen LogP contribution is -2.54. The number of carbonyl (C=O) groups is 1. The summed E-state index contributed by atoms with van der Waals surface area (Å²) in [6, 6.07) is 0. The molecule has 0 aromatic heterocycles. The van der Waals surface area contributed by atoms with Gasteiger partial charge in [-0.2, -0.15) is 0 Å². The SMILES string of the molecule is CCOC(=O)N(CC)C1(CN)CCCC1. The number of hydrogen-bond acceptors (Lipinski definition) is 3. The average molecular weight is 214 g/mol. The molecule has 0 bridgehead atoms. The van der Waals surface area contributed by atoms with E-state index >= 15 is 0 Å². The number of nitrogens with zero attached hydrogens (tertiary/aromatic N) is 1. The van der Waals surface area contributed by atoms with Gasteiger partial charge in [-0.25, -0.2) is 4.79 Å². The fourth-order valence-electron chi connectivity index (χ4n) is 2.48. The number of likely N-dealkylation sites (N-methyl/N-ethyl adjacent to an activating group) is 1. The van der Waals surface area contributed by atoms with Crippen molar-refractivity contribution in [3.8, 4) is 0 Å². The van der Waals surface area contributed by atoms with Crippen LogP contribution in [0.1, 0.15) is 39.5 Å². The number of ether oxygens (including phenoxy) is 1. The van der Waals surface area contributed by atoms with Crippen LogP contribution >= 0.6 is 0 Å². The molecule has 0 aromatic rings. The van der Waals surface area contributed by atoms with Gasteiger partial charge in [-0.3, -0.25) is 0 Å². The van der Waals surface area contributed by atoms with Crippen LogP contribution in [0.25, 0.3) is 0 Å². The van der Waals surface area contributed by atoms with Gasteiger partial charge < -0.3 is 15.4 Å². The van der Waals surface area contributed by atoms with E-state index in [2.05, 4.69) is 0 Å². The highest BCUT2D eigenvalue weighted by Gasteiger charge is 2.40. The van der Waals surface area contributed by atoms with Gasteiger partial charge in [0.15, 0.2) is 0 Å². The summed E-state index contributed by atoms with van der Waals surface area (Å²) < 4.78 is 5.07. The zero-order chi connectivity index (χ0) is 11.3. The minimum absolute atomic E-state index is 0.138. The molecule has 4 heteroatoms. The lowest BCUT2D eigenvalue weighted by atomic mass is 9.95. The molecule has 1 aliphatic carbocycles. The Balaban J connectivity index is 2.74. The van der Waals surface area contributed by atoms with E-state index in [0.29, 0.717) is 19.7 Å². The summed E-state index contributed by atoms with van der Waals surface area (Å²) in [4.78, 5) is 13.6. The predicted octanol–water partition coefficient (Wildman–Crippen LogP) is 1.74. The van der Waals surface area contributed by atoms with Crippen molar-refractivity contribution < 1.29 is 9.53 Å². The van der Waals surface area contributed by atoms with E-state index in [1.54, 1.807) is 0 Å². The molecule has 0 radical (unpaired) electrons. The second-order valence-corrected chi connectivity index (χ2v) is 4.08. The monoisotopic (exact) mass is 214 g/mol. The fourth-order valence-corrected chi connectivity index (χ4v) is 2.48. The summed E-state index contributed by atoms with van der Waals surface area (Å²) in [5.41, 5.74) is 5.69. The molecule has 1 aliphatic rings. The number of hydrogen-bond donors (Lipinski definition) is 1. The average Bonchev–Trinajstić information content (AvgIpc) is 2.69. The topological polar surface area (TPSA) is 55.6 Å². The van der Waals surface area contributed by atoms with Gasteiger partial charge in [0, 0.05) is 13.1 Å². The van der Waals surface area contributed by atoms with E-state index in [0.717, 1.165) is 25.7 Å². The highest BCUT2D eigenvalue weighted by Crippen LogP contribution is 2.34. The van der Waals surface area contributed by atoms with Gasteiger partial charge in [0.2, 0.25) is 0 Å². The third-order valence-electron chi connectivity index (χ3n) is 3.29. The fraction of sp³-hybridized carbons (Fsp3) is 0.909. The van der Waals surface area contributed by atoms with Gasteiger partial charge in [0.1, 0.15) is 0 Å². The number of amides is 1. The van der Waals surface area contributed by atoms with E-state index in [1.165, 1.54) is 0 Å². The minimum Gasteiger partial charge on any atom is -0.450 e. The van der Waals surface area contributed by atoms with Crippen LogP contribution in [0.3, 0.4) is 0 Å². The summed E-state index contributed by atoms with van der Waals surface area (Å²) in [6.45, 7) is 5.45. The molecule has 1 fully saturated rings. The molecule has 88 valence electrons. The second kappa shape index (κ2) is 5.35. The first kappa shape index (κ1) is 12.3. The maximum atomic E-state index is 11.8. The molecule has 0 unspecified atom stereocenters. The maximum Gasteiger partial charge on any atom is 0.410 e. The van der Waals surface area contributed by atoms with Crippen molar-refractivity contribution in [1.82, 2.24) is 4.90 Å². The first-order valence-electron chi connectivity index (χ1n) is 5.84. The van der Waals surface area contributed by atoms with Gasteiger partial charge in [0.05, 0.1) is 12.1 Å². The third kappa shape index (κ3) is 2.43. The van der Waals surface area contributed by atoms with Crippen molar-refractivity contribution in [2.45, 2.75) is 45.1 Å². The van der Waals surface area contributed by atoms with E-state index in [9.17, 15) is 4.79 Å². The molecular formula is C11H22N2O2. The van der Waals surface area contributed by atoms with Crippen LogP contribution in [0.5, 0.6) is 0 Å². The summed E-state index contributed by atoms with van der Waals surface area (Å²) in [5, 5.41) is 0. The molecule has 1 saturated carbocycles. The van der Waals surface area contributed by atoms with E-state index in [-0.39, 0.29) is 11.6 Å². The van der Waals surface area contributed by atoms with E-state index in [1.807, 2.05) is 18.7 Å². The Kier molecular flexibility index (Phi) is 4.39. The number of rotatable bonds is 4. The normalized spacial score (nSPS) is 18.9. The van der Waals surface area contributed by atoms with Gasteiger partial charge in [-0.1, -0.05) is 12.8 Å². The molecule has 0 aromatic carbocycles. The second-order valence-electron chi connectivity index (χ2n) is 4.08. The molecule has 0 saturated heterocycles. The maximum absolute atomic E-state index is 11.8. The Morgan fingerprint density at radius 3 is 2.40 bits per heavy atom. The molecule has 0 atom stereocenters. The highest BCUT2D eigenvalue weighted by atomic mass is 16.6. The van der Waals surface area contributed by atoms with Crippen LogP contribution in [0.2, 0.25) is 0 Å². The van der Waals surface area contributed by atoms with Crippen LogP contribution in [0, 0.1) is 0 Å². The number of carbonyl (C=O) groups excluding carboxylic acids is 1. The van der Waals surface area contributed by atoms with Crippen LogP contribution in [-0.2, 0) is 4.74 Å². The zero-order valence-electron chi connectivity index (χ0n) is 9.79. The van der Waals surface area contributed by atoms with E-state index < -0.39 is 0 Å². The zero-order valence-corrected chi connectivity index (χ0v) is 9.79. The van der Waals surface area contributed by atoms with Crippen LogP contribution in [0.4, 0.5) is 4.79 Å². The van der Waals surface area contributed by atoms with Gasteiger partial charge in [0.25, 0.3) is 0 Å². The Bertz CT molecular complexity index is 213. The first-order chi connectivity index (χ1) is 7.20. The summed E-state index contributed by atoms with van der Waals surface area (Å²) in [6.07, 6.45) is 4.12. The molecular weight excluding hydrogens is 192 g/mol. The van der Waals surface area contributed by atoms with Crippen molar-refractivity contribution in [1.29, 1.82) is 0 Å². The predicted molar refractivity (Wildman–Crippen MR) is 59.7 cm³/mol. The third-order valence-corrected chi connectivity index (χ3v) is 3.29. The molecule has 2 N–H and O–H groups in total. The van der Waals surface area contributed by atoms with Gasteiger partial charge >= 0.3 is 6.09 Å². The first-order valence-corrected chi connectivity index (χ1v) is 5.84. The summed E-state index contributed by atoms with van der Waals surface area (Å²) >= 11 is 0. The Hall–Kier alpha value is -0.770. The van der Waals surface area contributed by atoms with Crippen molar-refractivity contribution in [2.24, 2.45) is 5.73 Å². The quantitative estimate of drug-likeness (QED) is 0.775. The molecule has 0 spiro atoms. The van der Waals surface area contributed by atoms with Crippen LogP contribution < -0.4 is 5.73 Å². The highest BCUT2D eigenvalue weighted by molar-refractivity contribution is 5.68. The summed E-state index contributed by atoms with van der Waals surface area (Å²) in [7, 11) is 0. The summed E-state index contributed by atoms with van der Waals surface area (Å²) in [5.74, 6) is 0. The van der Waals surface area contributed by atoms with Crippen molar-refractivity contribution in [3.05, 3.63) is 0 Å². The van der Waals surface area contributed by atoms with Gasteiger partial charge in [-0.15, -0.1) is 0 Å². The largest absolute Gasteiger partial charge is 0.450 e.